The fraction of sp³-hybridized carbons (Fsp3) is 0.600. The van der Waals surface area contributed by atoms with Gasteiger partial charge in [0.25, 0.3) is 0 Å². The molecule has 27 heavy (non-hydrogen) atoms. The lowest BCUT2D eigenvalue weighted by Gasteiger charge is -2.39. The molecule has 2 unspecified atom stereocenters. The second-order valence-corrected chi connectivity index (χ2v) is 8.34. The highest BCUT2D eigenvalue weighted by atomic mass is 32.1. The zero-order chi connectivity index (χ0) is 19.1. The molecule has 148 valence electrons. The van der Waals surface area contributed by atoms with Gasteiger partial charge < -0.3 is 10.6 Å². The van der Waals surface area contributed by atoms with Gasteiger partial charge in [0.05, 0.1) is 6.20 Å². The summed E-state index contributed by atoms with van der Waals surface area (Å²) in [5, 5.41) is 13.5. The van der Waals surface area contributed by atoms with Gasteiger partial charge in [-0.3, -0.25) is 14.6 Å². The van der Waals surface area contributed by atoms with Gasteiger partial charge in [-0.25, -0.2) is 0 Å². The van der Waals surface area contributed by atoms with E-state index in [1.807, 2.05) is 29.3 Å². The van der Waals surface area contributed by atoms with Crippen LogP contribution < -0.4 is 10.6 Å². The van der Waals surface area contributed by atoms with Gasteiger partial charge in [-0.15, -0.1) is 11.3 Å². The first-order chi connectivity index (χ1) is 13.2. The normalized spacial score (nSPS) is 21.4. The van der Waals surface area contributed by atoms with Gasteiger partial charge in [-0.2, -0.15) is 5.10 Å². The van der Waals surface area contributed by atoms with Gasteiger partial charge >= 0.3 is 0 Å². The van der Waals surface area contributed by atoms with Crippen LogP contribution in [-0.2, 0) is 6.54 Å². The number of nitrogens with one attached hydrogen (secondary N) is 2. The second kappa shape index (κ2) is 9.90. The van der Waals surface area contributed by atoms with E-state index in [1.54, 1.807) is 0 Å². The smallest absolute Gasteiger partial charge is 0.190 e. The van der Waals surface area contributed by atoms with E-state index in [2.05, 4.69) is 63.3 Å². The third-order valence-electron chi connectivity index (χ3n) is 5.22. The molecule has 3 heterocycles. The molecule has 6 nitrogen and oxygen atoms in total. The van der Waals surface area contributed by atoms with Crippen LogP contribution in [0, 0.1) is 12.8 Å². The van der Waals surface area contributed by atoms with Gasteiger partial charge in [0.2, 0.25) is 0 Å². The van der Waals surface area contributed by atoms with E-state index in [4.69, 9.17) is 0 Å². The third-order valence-corrected chi connectivity index (χ3v) is 6.16. The molecule has 3 rings (SSSR count). The molecule has 1 fully saturated rings. The maximum atomic E-state index is 4.39. The highest BCUT2D eigenvalue weighted by molar-refractivity contribution is 7.10. The molecule has 1 aliphatic rings. The van der Waals surface area contributed by atoms with Gasteiger partial charge in [-0.1, -0.05) is 6.07 Å². The Hall–Kier alpha value is -1.86. The molecule has 0 bridgehead atoms. The number of aromatic nitrogens is 2. The minimum atomic E-state index is 0.507. The van der Waals surface area contributed by atoms with Crippen molar-refractivity contribution in [2.24, 2.45) is 10.9 Å². The van der Waals surface area contributed by atoms with Crippen molar-refractivity contribution in [3.05, 3.63) is 40.3 Å². The number of thiophene rings is 1. The number of likely N-dealkylation sites (tertiary alicyclic amines) is 1. The molecular weight excluding hydrogens is 356 g/mol. The predicted molar refractivity (Wildman–Crippen MR) is 113 cm³/mol. The Balaban J connectivity index is 1.45. The lowest BCUT2D eigenvalue weighted by Crippen LogP contribution is -2.45. The number of piperidine rings is 1. The van der Waals surface area contributed by atoms with Gasteiger partial charge in [0, 0.05) is 43.8 Å². The number of aryl methyl sites for hydroxylation is 2. The molecule has 2 aromatic heterocycles. The van der Waals surface area contributed by atoms with Crippen LogP contribution in [-0.4, -0.2) is 54.4 Å². The molecular formula is C20H32N6S. The number of hydrogen-bond donors (Lipinski definition) is 2. The molecule has 2 N–H and O–H groups in total. The first kappa shape index (κ1) is 19.9. The Bertz CT molecular complexity index is 708. The van der Waals surface area contributed by atoms with Crippen LogP contribution >= 0.6 is 11.3 Å². The lowest BCUT2D eigenvalue weighted by atomic mass is 9.88. The van der Waals surface area contributed by atoms with Crippen molar-refractivity contribution < 1.29 is 0 Å². The molecule has 0 amide bonds. The van der Waals surface area contributed by atoms with Gasteiger partial charge in [0.15, 0.2) is 5.96 Å². The molecule has 7 heteroatoms. The molecule has 0 spiro atoms. The van der Waals surface area contributed by atoms with Crippen molar-refractivity contribution in [2.75, 3.05) is 33.7 Å². The number of hydrogen-bond acceptors (Lipinski definition) is 4. The van der Waals surface area contributed by atoms with Crippen molar-refractivity contribution in [2.45, 2.75) is 38.8 Å². The molecule has 0 radical (unpaired) electrons. The Morgan fingerprint density at radius 3 is 3.00 bits per heavy atom. The molecule has 0 saturated carbocycles. The highest BCUT2D eigenvalue weighted by Gasteiger charge is 2.31. The standard InChI is InChI=1S/C20H32N6S/c1-16-13-24-26(15-16)11-6-9-22-20(21-2)23-14-17-7-4-10-25(3)19(17)18-8-5-12-27-18/h5,8,12-13,15,17,19H,4,6-7,9-11,14H2,1-3H3,(H2,21,22,23). The number of rotatable bonds is 7. The van der Waals surface area contributed by atoms with E-state index in [9.17, 15) is 0 Å². The Labute approximate surface area is 166 Å². The van der Waals surface area contributed by atoms with Crippen molar-refractivity contribution in [1.29, 1.82) is 0 Å². The first-order valence-corrected chi connectivity index (χ1v) is 10.7. The van der Waals surface area contributed by atoms with Gasteiger partial charge in [0.1, 0.15) is 0 Å². The summed E-state index contributed by atoms with van der Waals surface area (Å²) in [5.74, 6) is 1.50. The monoisotopic (exact) mass is 388 g/mol. The van der Waals surface area contributed by atoms with Crippen LogP contribution in [0.5, 0.6) is 0 Å². The van der Waals surface area contributed by atoms with Crippen molar-refractivity contribution >= 4 is 17.3 Å². The Morgan fingerprint density at radius 1 is 1.41 bits per heavy atom. The summed E-state index contributed by atoms with van der Waals surface area (Å²) in [6, 6.07) is 4.94. The molecule has 1 aliphatic heterocycles. The second-order valence-electron chi connectivity index (χ2n) is 7.36. The van der Waals surface area contributed by atoms with Crippen LogP contribution in [0.15, 0.2) is 34.9 Å². The summed E-state index contributed by atoms with van der Waals surface area (Å²) in [6.45, 7) is 6.01. The SMILES string of the molecule is CN=C(NCCCn1cc(C)cn1)NCC1CCCN(C)C1c1cccs1. The quantitative estimate of drug-likeness (QED) is 0.435. The average molecular weight is 389 g/mol. The number of guanidine groups is 1. The van der Waals surface area contributed by atoms with Crippen LogP contribution in [0.3, 0.4) is 0 Å². The summed E-state index contributed by atoms with van der Waals surface area (Å²) >= 11 is 1.87. The lowest BCUT2D eigenvalue weighted by molar-refractivity contribution is 0.125. The van der Waals surface area contributed by atoms with E-state index in [-0.39, 0.29) is 0 Å². The van der Waals surface area contributed by atoms with E-state index in [1.165, 1.54) is 29.8 Å². The molecule has 2 aromatic rings. The average Bonchev–Trinajstić information content (AvgIpc) is 3.33. The van der Waals surface area contributed by atoms with Crippen LogP contribution in [0.25, 0.3) is 0 Å². The maximum absolute atomic E-state index is 4.39. The third kappa shape index (κ3) is 5.56. The summed E-state index contributed by atoms with van der Waals surface area (Å²) in [7, 11) is 4.09. The Morgan fingerprint density at radius 2 is 2.30 bits per heavy atom. The minimum Gasteiger partial charge on any atom is -0.356 e. The summed E-state index contributed by atoms with van der Waals surface area (Å²) in [5.41, 5.74) is 1.21. The van der Waals surface area contributed by atoms with E-state index in [0.717, 1.165) is 32.0 Å². The summed E-state index contributed by atoms with van der Waals surface area (Å²) < 4.78 is 2.00. The topological polar surface area (TPSA) is 57.5 Å². The fourth-order valence-electron chi connectivity index (χ4n) is 3.87. The Kier molecular flexibility index (Phi) is 7.29. The van der Waals surface area contributed by atoms with Crippen molar-refractivity contribution in [1.82, 2.24) is 25.3 Å². The van der Waals surface area contributed by atoms with Crippen LogP contribution in [0.2, 0.25) is 0 Å². The predicted octanol–water partition coefficient (Wildman–Crippen LogP) is 2.89. The zero-order valence-corrected chi connectivity index (χ0v) is 17.5. The van der Waals surface area contributed by atoms with Crippen LogP contribution in [0.4, 0.5) is 0 Å². The summed E-state index contributed by atoms with van der Waals surface area (Å²) in [4.78, 5) is 8.37. The van der Waals surface area contributed by atoms with E-state index in [0.29, 0.717) is 12.0 Å². The number of nitrogens with zero attached hydrogens (tertiary/aromatic N) is 4. The fourth-order valence-corrected chi connectivity index (χ4v) is 4.85. The molecule has 0 aromatic carbocycles. The summed E-state index contributed by atoms with van der Waals surface area (Å²) in [6.07, 6.45) is 7.53. The molecule has 1 saturated heterocycles. The van der Waals surface area contributed by atoms with E-state index < -0.39 is 0 Å². The number of aliphatic imine (C=N–C) groups is 1. The maximum Gasteiger partial charge on any atom is 0.190 e. The first-order valence-electron chi connectivity index (χ1n) is 9.84. The molecule has 2 atom stereocenters. The van der Waals surface area contributed by atoms with Crippen molar-refractivity contribution in [3.63, 3.8) is 0 Å². The molecule has 0 aliphatic carbocycles. The zero-order valence-electron chi connectivity index (χ0n) is 16.7. The van der Waals surface area contributed by atoms with Gasteiger partial charge in [-0.05, 0) is 62.7 Å². The largest absolute Gasteiger partial charge is 0.356 e. The van der Waals surface area contributed by atoms with E-state index >= 15 is 0 Å². The van der Waals surface area contributed by atoms with Crippen LogP contribution in [0.1, 0.15) is 35.7 Å². The minimum absolute atomic E-state index is 0.507. The highest BCUT2D eigenvalue weighted by Crippen LogP contribution is 2.36. The van der Waals surface area contributed by atoms with Crippen molar-refractivity contribution in [3.8, 4) is 0 Å².